The van der Waals surface area contributed by atoms with Gasteiger partial charge >= 0.3 is 0 Å². The van der Waals surface area contributed by atoms with E-state index < -0.39 is 0 Å². The molecule has 3 rings (SSSR count). The summed E-state index contributed by atoms with van der Waals surface area (Å²) >= 11 is 2.02. The summed E-state index contributed by atoms with van der Waals surface area (Å²) in [5.74, 6) is 1.09. The quantitative estimate of drug-likeness (QED) is 0.760. The third-order valence-corrected chi connectivity index (χ3v) is 4.79. The van der Waals surface area contributed by atoms with E-state index in [0.29, 0.717) is 5.25 Å². The minimum absolute atomic E-state index is 0.194. The Kier molecular flexibility index (Phi) is 2.85. The molecule has 1 aliphatic heterocycles. The molecule has 2 aromatic rings. The SMILES string of the molecule is CC1C[C@H](N)c2ccc3ccccc3c2CS1. The molecule has 1 nitrogen and oxygen atoms in total. The number of rotatable bonds is 0. The molecule has 0 spiro atoms. The Morgan fingerprint density at radius 3 is 2.88 bits per heavy atom. The van der Waals surface area contributed by atoms with E-state index >= 15 is 0 Å². The summed E-state index contributed by atoms with van der Waals surface area (Å²) < 4.78 is 0. The van der Waals surface area contributed by atoms with Crippen molar-refractivity contribution in [2.75, 3.05) is 0 Å². The van der Waals surface area contributed by atoms with Crippen molar-refractivity contribution >= 4 is 22.5 Å². The predicted molar refractivity (Wildman–Crippen MR) is 76.3 cm³/mol. The smallest absolute Gasteiger partial charge is 0.0308 e. The normalized spacial score (nSPS) is 24.4. The molecule has 1 unspecified atom stereocenters. The molecular formula is C15H17NS. The summed E-state index contributed by atoms with van der Waals surface area (Å²) in [5.41, 5.74) is 9.11. The first-order valence-corrected chi connectivity index (χ1v) is 7.18. The van der Waals surface area contributed by atoms with Gasteiger partial charge in [0.1, 0.15) is 0 Å². The van der Waals surface area contributed by atoms with Gasteiger partial charge < -0.3 is 5.73 Å². The molecule has 2 atom stereocenters. The van der Waals surface area contributed by atoms with Gasteiger partial charge in [0.05, 0.1) is 0 Å². The van der Waals surface area contributed by atoms with Crippen LogP contribution in [0.25, 0.3) is 10.8 Å². The Morgan fingerprint density at radius 2 is 2.00 bits per heavy atom. The van der Waals surface area contributed by atoms with E-state index in [1.54, 1.807) is 0 Å². The molecule has 0 fully saturated rings. The van der Waals surface area contributed by atoms with Crippen molar-refractivity contribution in [3.8, 4) is 0 Å². The fourth-order valence-corrected chi connectivity index (χ4v) is 3.76. The van der Waals surface area contributed by atoms with Crippen LogP contribution in [-0.2, 0) is 5.75 Å². The second-order valence-corrected chi connectivity index (χ2v) is 6.25. The number of fused-ring (bicyclic) bond motifs is 3. The van der Waals surface area contributed by atoms with E-state index in [1.807, 2.05) is 11.8 Å². The van der Waals surface area contributed by atoms with Gasteiger partial charge in [-0.05, 0) is 28.3 Å². The van der Waals surface area contributed by atoms with Crippen LogP contribution in [-0.4, -0.2) is 5.25 Å². The summed E-state index contributed by atoms with van der Waals surface area (Å²) in [6.07, 6.45) is 1.08. The van der Waals surface area contributed by atoms with Crippen molar-refractivity contribution in [1.29, 1.82) is 0 Å². The summed E-state index contributed by atoms with van der Waals surface area (Å²) in [5, 5.41) is 3.35. The van der Waals surface area contributed by atoms with Gasteiger partial charge in [-0.2, -0.15) is 11.8 Å². The van der Waals surface area contributed by atoms with Crippen molar-refractivity contribution in [2.45, 2.75) is 30.4 Å². The van der Waals surface area contributed by atoms with Gasteiger partial charge in [0.2, 0.25) is 0 Å². The molecule has 0 amide bonds. The lowest BCUT2D eigenvalue weighted by molar-refractivity contribution is 0.652. The average molecular weight is 243 g/mol. The van der Waals surface area contributed by atoms with E-state index in [0.717, 1.165) is 12.2 Å². The van der Waals surface area contributed by atoms with Crippen LogP contribution in [0.15, 0.2) is 36.4 Å². The molecule has 17 heavy (non-hydrogen) atoms. The zero-order valence-electron chi connectivity index (χ0n) is 10.0. The van der Waals surface area contributed by atoms with Crippen LogP contribution in [0.5, 0.6) is 0 Å². The third-order valence-electron chi connectivity index (χ3n) is 3.57. The summed E-state index contributed by atoms with van der Waals surface area (Å²) in [7, 11) is 0. The van der Waals surface area contributed by atoms with E-state index in [2.05, 4.69) is 43.3 Å². The number of hydrogen-bond donors (Lipinski definition) is 1. The fourth-order valence-electron chi connectivity index (χ4n) is 2.64. The molecule has 0 aromatic heterocycles. The van der Waals surface area contributed by atoms with Gasteiger partial charge in [-0.15, -0.1) is 0 Å². The molecule has 0 radical (unpaired) electrons. The van der Waals surface area contributed by atoms with Crippen molar-refractivity contribution in [3.05, 3.63) is 47.5 Å². The maximum Gasteiger partial charge on any atom is 0.0308 e. The van der Waals surface area contributed by atoms with Crippen LogP contribution in [0.1, 0.15) is 30.5 Å². The Labute approximate surface area is 106 Å². The zero-order valence-corrected chi connectivity index (χ0v) is 10.8. The van der Waals surface area contributed by atoms with Crippen molar-refractivity contribution in [3.63, 3.8) is 0 Å². The van der Waals surface area contributed by atoms with Crippen LogP contribution in [0, 0.1) is 0 Å². The highest BCUT2D eigenvalue weighted by Gasteiger charge is 2.21. The molecule has 1 aliphatic rings. The number of benzene rings is 2. The van der Waals surface area contributed by atoms with Gasteiger partial charge in [0.25, 0.3) is 0 Å². The first kappa shape index (κ1) is 11.1. The van der Waals surface area contributed by atoms with Crippen molar-refractivity contribution in [2.24, 2.45) is 5.73 Å². The van der Waals surface area contributed by atoms with E-state index in [-0.39, 0.29) is 6.04 Å². The Bertz CT molecular complexity index is 550. The molecule has 2 aromatic carbocycles. The largest absolute Gasteiger partial charge is 0.324 e. The number of hydrogen-bond acceptors (Lipinski definition) is 2. The van der Waals surface area contributed by atoms with Crippen LogP contribution >= 0.6 is 11.8 Å². The predicted octanol–water partition coefficient (Wildman–Crippen LogP) is 3.87. The first-order valence-electron chi connectivity index (χ1n) is 6.13. The molecule has 0 saturated carbocycles. The van der Waals surface area contributed by atoms with E-state index in [1.165, 1.54) is 21.9 Å². The lowest BCUT2D eigenvalue weighted by Crippen LogP contribution is -2.14. The molecular weight excluding hydrogens is 226 g/mol. The summed E-state index contributed by atoms with van der Waals surface area (Å²) in [6.45, 7) is 2.28. The minimum atomic E-state index is 0.194. The van der Waals surface area contributed by atoms with Crippen LogP contribution in [0.2, 0.25) is 0 Å². The monoisotopic (exact) mass is 243 g/mol. The van der Waals surface area contributed by atoms with Gasteiger partial charge in [0, 0.05) is 17.0 Å². The Morgan fingerprint density at radius 1 is 1.18 bits per heavy atom. The second-order valence-electron chi connectivity index (χ2n) is 4.82. The molecule has 88 valence electrons. The molecule has 0 aliphatic carbocycles. The average Bonchev–Trinajstić information content (AvgIpc) is 2.49. The van der Waals surface area contributed by atoms with Crippen LogP contribution in [0.3, 0.4) is 0 Å². The maximum atomic E-state index is 6.31. The van der Waals surface area contributed by atoms with Gasteiger partial charge in [-0.25, -0.2) is 0 Å². The number of nitrogens with two attached hydrogens (primary N) is 1. The lowest BCUT2D eigenvalue weighted by Gasteiger charge is -2.15. The third kappa shape index (κ3) is 1.96. The first-order chi connectivity index (χ1) is 8.25. The minimum Gasteiger partial charge on any atom is -0.324 e. The van der Waals surface area contributed by atoms with Crippen molar-refractivity contribution in [1.82, 2.24) is 0 Å². The van der Waals surface area contributed by atoms with Crippen LogP contribution in [0.4, 0.5) is 0 Å². The zero-order chi connectivity index (χ0) is 11.8. The van der Waals surface area contributed by atoms with Crippen molar-refractivity contribution < 1.29 is 0 Å². The number of thioether (sulfide) groups is 1. The Hall–Kier alpha value is -0.990. The lowest BCUT2D eigenvalue weighted by atomic mass is 9.94. The highest BCUT2D eigenvalue weighted by atomic mass is 32.2. The highest BCUT2D eigenvalue weighted by molar-refractivity contribution is 7.99. The topological polar surface area (TPSA) is 26.0 Å². The molecule has 2 N–H and O–H groups in total. The second kappa shape index (κ2) is 4.35. The summed E-state index contributed by atoms with van der Waals surface area (Å²) in [4.78, 5) is 0. The molecule has 2 heteroatoms. The van der Waals surface area contributed by atoms with Gasteiger partial charge in [-0.1, -0.05) is 43.3 Å². The van der Waals surface area contributed by atoms with Gasteiger partial charge in [0.15, 0.2) is 0 Å². The summed E-state index contributed by atoms with van der Waals surface area (Å²) in [6, 6.07) is 13.2. The molecule has 0 saturated heterocycles. The fraction of sp³-hybridized carbons (Fsp3) is 0.333. The standard InChI is InChI=1S/C15H17NS/c1-10-8-15(16)13-7-6-11-4-2-3-5-12(11)14(13)9-17-10/h2-7,10,15H,8-9,16H2,1H3/t10?,15-/m0/s1. The van der Waals surface area contributed by atoms with Gasteiger partial charge in [-0.3, -0.25) is 0 Å². The van der Waals surface area contributed by atoms with E-state index in [9.17, 15) is 0 Å². The van der Waals surface area contributed by atoms with Crippen LogP contribution < -0.4 is 5.73 Å². The maximum absolute atomic E-state index is 6.31. The van der Waals surface area contributed by atoms with E-state index in [4.69, 9.17) is 5.73 Å². The molecule has 0 bridgehead atoms. The highest BCUT2D eigenvalue weighted by Crippen LogP contribution is 2.37. The Balaban J connectivity index is 2.22. The molecule has 1 heterocycles.